The Balaban J connectivity index is 1.32. The highest BCUT2D eigenvalue weighted by molar-refractivity contribution is 6.23. The second-order valence-corrected chi connectivity index (χ2v) is 13.7. The molecule has 0 aromatic heterocycles. The lowest BCUT2D eigenvalue weighted by Gasteiger charge is -2.31. The fraction of sp³-hybridized carbons (Fsp3) is 0. The average Bonchev–Trinajstić information content (AvgIpc) is 3.24. The molecule has 0 saturated carbocycles. The van der Waals surface area contributed by atoms with Crippen molar-refractivity contribution in [3.8, 4) is 33.4 Å². The van der Waals surface area contributed by atoms with Crippen molar-refractivity contribution in [1.82, 2.24) is 0 Å². The number of fused-ring (bicyclic) bond motifs is 5. The molecule has 0 aliphatic rings. The Morgan fingerprint density at radius 1 is 0.264 bits per heavy atom. The van der Waals surface area contributed by atoms with Gasteiger partial charge >= 0.3 is 0 Å². The summed E-state index contributed by atoms with van der Waals surface area (Å²) in [7, 11) is 0. The van der Waals surface area contributed by atoms with Crippen LogP contribution in [0.15, 0.2) is 212 Å². The normalized spacial score (nSPS) is 11.4. The molecular formula is C52H35N. The second kappa shape index (κ2) is 13.0. The van der Waals surface area contributed by atoms with E-state index in [1.807, 2.05) is 0 Å². The summed E-state index contributed by atoms with van der Waals surface area (Å²) in [5.41, 5.74) is 10.5. The zero-order valence-corrected chi connectivity index (χ0v) is 29.2. The molecule has 0 aliphatic carbocycles. The largest absolute Gasteiger partial charge is 0.309 e. The van der Waals surface area contributed by atoms with E-state index in [4.69, 9.17) is 0 Å². The number of rotatable bonds is 6. The Morgan fingerprint density at radius 2 is 0.792 bits per heavy atom. The summed E-state index contributed by atoms with van der Waals surface area (Å²) >= 11 is 0. The zero-order chi connectivity index (χ0) is 35.1. The third-order valence-corrected chi connectivity index (χ3v) is 10.6. The molecule has 0 radical (unpaired) electrons. The first-order chi connectivity index (χ1) is 26.3. The van der Waals surface area contributed by atoms with Gasteiger partial charge < -0.3 is 4.90 Å². The highest BCUT2D eigenvalue weighted by atomic mass is 15.1. The summed E-state index contributed by atoms with van der Waals surface area (Å²) < 4.78 is 0. The Labute approximate surface area is 309 Å². The van der Waals surface area contributed by atoms with Crippen molar-refractivity contribution in [2.75, 3.05) is 4.90 Å². The highest BCUT2D eigenvalue weighted by Crippen LogP contribution is 2.50. The van der Waals surface area contributed by atoms with Gasteiger partial charge in [-0.1, -0.05) is 182 Å². The molecular weight excluding hydrogens is 639 g/mol. The summed E-state index contributed by atoms with van der Waals surface area (Å²) in [4.78, 5) is 2.50. The van der Waals surface area contributed by atoms with Crippen LogP contribution >= 0.6 is 0 Å². The van der Waals surface area contributed by atoms with Crippen LogP contribution < -0.4 is 4.90 Å². The molecule has 0 spiro atoms. The van der Waals surface area contributed by atoms with E-state index in [1.54, 1.807) is 0 Å². The van der Waals surface area contributed by atoms with Crippen LogP contribution in [0, 0.1) is 0 Å². The lowest BCUT2D eigenvalue weighted by Crippen LogP contribution is -2.12. The third kappa shape index (κ3) is 5.42. The molecule has 1 nitrogen and oxygen atoms in total. The smallest absolute Gasteiger partial charge is 0.0624 e. The number of hydrogen-bond donors (Lipinski definition) is 0. The second-order valence-electron chi connectivity index (χ2n) is 13.7. The molecule has 0 atom stereocenters. The van der Waals surface area contributed by atoms with E-state index in [1.165, 1.54) is 76.5 Å². The lowest BCUT2D eigenvalue weighted by atomic mass is 9.89. The van der Waals surface area contributed by atoms with Crippen LogP contribution in [0.1, 0.15) is 0 Å². The van der Waals surface area contributed by atoms with E-state index < -0.39 is 0 Å². The highest BCUT2D eigenvalue weighted by Gasteiger charge is 2.24. The first-order valence-corrected chi connectivity index (χ1v) is 18.3. The van der Waals surface area contributed by atoms with Crippen LogP contribution in [0.3, 0.4) is 0 Å². The first kappa shape index (κ1) is 30.8. The monoisotopic (exact) mass is 673 g/mol. The minimum atomic E-state index is 1.10. The first-order valence-electron chi connectivity index (χ1n) is 18.3. The summed E-state index contributed by atoms with van der Waals surface area (Å²) in [5.74, 6) is 0. The molecule has 248 valence electrons. The topological polar surface area (TPSA) is 3.24 Å². The molecule has 10 aromatic carbocycles. The maximum atomic E-state index is 2.50. The van der Waals surface area contributed by atoms with E-state index in [2.05, 4.69) is 217 Å². The van der Waals surface area contributed by atoms with Crippen molar-refractivity contribution < 1.29 is 0 Å². The van der Waals surface area contributed by atoms with E-state index >= 15 is 0 Å². The van der Waals surface area contributed by atoms with Gasteiger partial charge in [0.05, 0.1) is 5.69 Å². The Bertz CT molecular complexity index is 2950. The quantitative estimate of drug-likeness (QED) is 0.159. The van der Waals surface area contributed by atoms with Gasteiger partial charge in [0.1, 0.15) is 0 Å². The van der Waals surface area contributed by atoms with Crippen molar-refractivity contribution in [2.45, 2.75) is 0 Å². The SMILES string of the molecule is c1ccc(-c2cccc(N(c3cccc(-c4cccc5ccccc45)c3)c3c(-c4ccc5ccccc5c4)c4ccccc4c4ccccc34)c2)cc1. The van der Waals surface area contributed by atoms with Crippen molar-refractivity contribution in [3.05, 3.63) is 212 Å². The molecule has 10 aromatic rings. The Kier molecular flexibility index (Phi) is 7.55. The minimum Gasteiger partial charge on any atom is -0.309 e. The molecule has 10 rings (SSSR count). The molecule has 0 bridgehead atoms. The van der Waals surface area contributed by atoms with Crippen LogP contribution in [0.5, 0.6) is 0 Å². The Hall–Kier alpha value is -6.96. The lowest BCUT2D eigenvalue weighted by molar-refractivity contribution is 1.30. The van der Waals surface area contributed by atoms with Gasteiger partial charge in [-0.25, -0.2) is 0 Å². The van der Waals surface area contributed by atoms with Crippen molar-refractivity contribution in [1.29, 1.82) is 0 Å². The van der Waals surface area contributed by atoms with Crippen molar-refractivity contribution >= 4 is 60.2 Å². The summed E-state index contributed by atoms with van der Waals surface area (Å²) in [5, 5.41) is 9.86. The van der Waals surface area contributed by atoms with Crippen LogP contribution in [0.2, 0.25) is 0 Å². The van der Waals surface area contributed by atoms with Gasteiger partial charge in [-0.15, -0.1) is 0 Å². The van der Waals surface area contributed by atoms with Crippen LogP contribution in [-0.4, -0.2) is 0 Å². The molecule has 0 unspecified atom stereocenters. The van der Waals surface area contributed by atoms with E-state index in [-0.39, 0.29) is 0 Å². The zero-order valence-electron chi connectivity index (χ0n) is 29.2. The Morgan fingerprint density at radius 3 is 1.57 bits per heavy atom. The summed E-state index contributed by atoms with van der Waals surface area (Å²) in [6.07, 6.45) is 0. The number of anilines is 3. The van der Waals surface area contributed by atoms with Crippen LogP contribution in [0.4, 0.5) is 17.1 Å². The number of nitrogens with zero attached hydrogens (tertiary/aromatic N) is 1. The molecule has 0 amide bonds. The van der Waals surface area contributed by atoms with Crippen LogP contribution in [0.25, 0.3) is 76.5 Å². The maximum absolute atomic E-state index is 2.50. The standard InChI is InChI=1S/C52H35N/c1-2-15-36(16-3-1)40-21-12-23-43(34-40)53(44-24-13-22-41(35-44)46-30-14-20-38-18-6-7-25-45(38)46)52-50-29-11-9-27-48(50)47-26-8-10-28-49(47)51(52)42-32-31-37-17-4-5-19-39(37)33-42/h1-35H. The van der Waals surface area contributed by atoms with Gasteiger partial charge in [0.2, 0.25) is 0 Å². The molecule has 0 N–H and O–H groups in total. The predicted octanol–water partition coefficient (Wildman–Crippen LogP) is 14.8. The van der Waals surface area contributed by atoms with Gasteiger partial charge in [0, 0.05) is 22.3 Å². The van der Waals surface area contributed by atoms with E-state index in [0.29, 0.717) is 0 Å². The molecule has 0 fully saturated rings. The summed E-state index contributed by atoms with van der Waals surface area (Å²) in [6, 6.07) is 77.4. The van der Waals surface area contributed by atoms with Gasteiger partial charge in [0.25, 0.3) is 0 Å². The van der Waals surface area contributed by atoms with E-state index in [9.17, 15) is 0 Å². The van der Waals surface area contributed by atoms with Crippen LogP contribution in [-0.2, 0) is 0 Å². The van der Waals surface area contributed by atoms with Crippen molar-refractivity contribution in [3.63, 3.8) is 0 Å². The minimum absolute atomic E-state index is 1.10. The molecule has 0 aliphatic heterocycles. The molecule has 0 saturated heterocycles. The number of benzene rings is 10. The predicted molar refractivity (Wildman–Crippen MR) is 227 cm³/mol. The summed E-state index contributed by atoms with van der Waals surface area (Å²) in [6.45, 7) is 0. The van der Waals surface area contributed by atoms with Gasteiger partial charge in [-0.2, -0.15) is 0 Å². The molecule has 1 heteroatoms. The molecule has 0 heterocycles. The average molecular weight is 674 g/mol. The third-order valence-electron chi connectivity index (χ3n) is 10.6. The van der Waals surface area contributed by atoms with Gasteiger partial charge in [0.15, 0.2) is 0 Å². The molecule has 53 heavy (non-hydrogen) atoms. The fourth-order valence-electron chi connectivity index (χ4n) is 8.14. The van der Waals surface area contributed by atoms with E-state index in [0.717, 1.165) is 17.1 Å². The number of hydrogen-bond acceptors (Lipinski definition) is 1. The fourth-order valence-corrected chi connectivity index (χ4v) is 8.14. The van der Waals surface area contributed by atoms with Gasteiger partial charge in [-0.05, 0) is 95.9 Å². The maximum Gasteiger partial charge on any atom is 0.0624 e. The van der Waals surface area contributed by atoms with Gasteiger partial charge in [-0.3, -0.25) is 0 Å². The van der Waals surface area contributed by atoms with Crippen molar-refractivity contribution in [2.24, 2.45) is 0 Å².